The molecule has 0 saturated heterocycles. The Kier molecular flexibility index (Phi) is 4.51. The van der Waals surface area contributed by atoms with E-state index in [2.05, 4.69) is 31.7 Å². The Hall–Kier alpha value is -1.34. The van der Waals surface area contributed by atoms with Crippen LogP contribution in [-0.2, 0) is 0 Å². The van der Waals surface area contributed by atoms with E-state index in [1.807, 2.05) is 31.2 Å². The van der Waals surface area contributed by atoms with Crippen molar-refractivity contribution < 1.29 is 0 Å². The number of hydrogen-bond donors (Lipinski definition) is 1. The average molecular weight is 215 g/mol. The van der Waals surface area contributed by atoms with Crippen LogP contribution in [-0.4, -0.2) is 5.54 Å². The van der Waals surface area contributed by atoms with Gasteiger partial charge in [0, 0.05) is 0 Å². The lowest BCUT2D eigenvalue weighted by molar-refractivity contribution is 0.736. The van der Waals surface area contributed by atoms with Gasteiger partial charge in [0.2, 0.25) is 0 Å². The summed E-state index contributed by atoms with van der Waals surface area (Å²) in [5.41, 5.74) is 7.98. The van der Waals surface area contributed by atoms with Gasteiger partial charge >= 0.3 is 0 Å². The lowest BCUT2D eigenvalue weighted by atomic mass is 10.0. The molecule has 0 fully saturated rings. The van der Waals surface area contributed by atoms with Crippen molar-refractivity contribution in [2.75, 3.05) is 0 Å². The third-order valence-corrected chi connectivity index (χ3v) is 2.55. The van der Waals surface area contributed by atoms with E-state index in [1.54, 1.807) is 0 Å². The van der Waals surface area contributed by atoms with Gasteiger partial charge in [-0.15, -0.1) is 0 Å². The van der Waals surface area contributed by atoms with Gasteiger partial charge in [-0.05, 0) is 24.5 Å². The summed E-state index contributed by atoms with van der Waals surface area (Å²) >= 11 is 0. The standard InChI is InChI=1S/C15H21N/c1-4-6-7-8-14-10-12-15(3,16)11-9-13(14)5-2/h5,7-12H,2,4,6,16H2,1,3H3/b8-7-. The molecular weight excluding hydrogens is 194 g/mol. The second-order valence-corrected chi connectivity index (χ2v) is 4.34. The summed E-state index contributed by atoms with van der Waals surface area (Å²) in [5.74, 6) is 0. The molecule has 1 aliphatic carbocycles. The van der Waals surface area contributed by atoms with E-state index >= 15 is 0 Å². The first-order valence-corrected chi connectivity index (χ1v) is 5.79. The summed E-state index contributed by atoms with van der Waals surface area (Å²) in [4.78, 5) is 0. The van der Waals surface area contributed by atoms with Crippen LogP contribution in [0, 0.1) is 0 Å². The van der Waals surface area contributed by atoms with Crippen molar-refractivity contribution in [3.63, 3.8) is 0 Å². The van der Waals surface area contributed by atoms with E-state index in [-0.39, 0.29) is 5.54 Å². The highest BCUT2D eigenvalue weighted by atomic mass is 14.7. The van der Waals surface area contributed by atoms with Gasteiger partial charge in [0.25, 0.3) is 0 Å². The molecule has 0 amide bonds. The van der Waals surface area contributed by atoms with Gasteiger partial charge in [0.1, 0.15) is 0 Å². The summed E-state index contributed by atoms with van der Waals surface area (Å²) in [6.07, 6.45) is 16.6. The smallest absolute Gasteiger partial charge is 0.0502 e. The molecule has 2 N–H and O–H groups in total. The van der Waals surface area contributed by atoms with Crippen molar-refractivity contribution in [2.45, 2.75) is 32.2 Å². The first-order valence-electron chi connectivity index (χ1n) is 5.79. The molecule has 0 aromatic heterocycles. The molecule has 0 spiro atoms. The first kappa shape index (κ1) is 12.7. The highest BCUT2D eigenvalue weighted by Gasteiger charge is 2.12. The lowest BCUT2D eigenvalue weighted by Gasteiger charge is -2.12. The summed E-state index contributed by atoms with van der Waals surface area (Å²) < 4.78 is 0. The van der Waals surface area contributed by atoms with E-state index in [4.69, 9.17) is 5.73 Å². The van der Waals surface area contributed by atoms with E-state index in [9.17, 15) is 0 Å². The molecule has 0 saturated carbocycles. The fraction of sp³-hybridized carbons (Fsp3) is 0.333. The second-order valence-electron chi connectivity index (χ2n) is 4.34. The predicted octanol–water partition coefficient (Wildman–Crippen LogP) is 3.67. The summed E-state index contributed by atoms with van der Waals surface area (Å²) in [6, 6.07) is 0. The van der Waals surface area contributed by atoms with Crippen molar-refractivity contribution >= 4 is 0 Å². The minimum Gasteiger partial charge on any atom is -0.319 e. The Morgan fingerprint density at radius 2 is 1.94 bits per heavy atom. The Morgan fingerprint density at radius 3 is 2.50 bits per heavy atom. The van der Waals surface area contributed by atoms with Gasteiger partial charge in [0.15, 0.2) is 0 Å². The topological polar surface area (TPSA) is 26.0 Å². The van der Waals surface area contributed by atoms with Crippen molar-refractivity contribution in [3.8, 4) is 0 Å². The average Bonchev–Trinajstić information content (AvgIpc) is 2.39. The third kappa shape index (κ3) is 3.67. The minimum atomic E-state index is -0.366. The number of rotatable bonds is 4. The molecule has 86 valence electrons. The molecule has 1 rings (SSSR count). The van der Waals surface area contributed by atoms with Crippen LogP contribution in [0.3, 0.4) is 0 Å². The number of nitrogens with two attached hydrogens (primary N) is 1. The van der Waals surface area contributed by atoms with E-state index in [0.29, 0.717) is 0 Å². The maximum Gasteiger partial charge on any atom is 0.0502 e. The normalized spacial score (nSPS) is 25.2. The molecule has 1 heteroatoms. The molecule has 0 heterocycles. The zero-order chi connectivity index (χ0) is 12.0. The van der Waals surface area contributed by atoms with Crippen LogP contribution in [0.4, 0.5) is 0 Å². The molecule has 16 heavy (non-hydrogen) atoms. The molecule has 0 aliphatic heterocycles. The van der Waals surface area contributed by atoms with E-state index in [1.165, 1.54) is 12.0 Å². The summed E-state index contributed by atoms with van der Waals surface area (Å²) in [5, 5.41) is 0. The Balaban J connectivity index is 2.98. The SMILES string of the molecule is C=CC1=C(/C=C\CCC)C=CC(C)(N)C=C1. The molecular formula is C15H21N. The fourth-order valence-corrected chi connectivity index (χ4v) is 1.50. The monoisotopic (exact) mass is 215 g/mol. The zero-order valence-electron chi connectivity index (χ0n) is 10.2. The van der Waals surface area contributed by atoms with Crippen LogP contribution >= 0.6 is 0 Å². The molecule has 0 aromatic carbocycles. The molecule has 1 unspecified atom stereocenters. The quantitative estimate of drug-likeness (QED) is 0.760. The summed E-state index contributed by atoms with van der Waals surface area (Å²) in [6.45, 7) is 7.99. The van der Waals surface area contributed by atoms with E-state index in [0.717, 1.165) is 12.0 Å². The molecule has 1 atom stereocenters. The zero-order valence-corrected chi connectivity index (χ0v) is 10.2. The number of unbranched alkanes of at least 4 members (excludes halogenated alkanes) is 1. The fourth-order valence-electron chi connectivity index (χ4n) is 1.50. The second kappa shape index (κ2) is 5.66. The van der Waals surface area contributed by atoms with Crippen LogP contribution < -0.4 is 5.73 Å². The Labute approximate surface area is 98.7 Å². The van der Waals surface area contributed by atoms with Gasteiger partial charge < -0.3 is 5.73 Å². The van der Waals surface area contributed by atoms with Gasteiger partial charge in [-0.2, -0.15) is 0 Å². The number of hydrogen-bond acceptors (Lipinski definition) is 1. The Morgan fingerprint density at radius 1 is 1.31 bits per heavy atom. The van der Waals surface area contributed by atoms with Crippen LogP contribution in [0.25, 0.3) is 0 Å². The summed E-state index contributed by atoms with van der Waals surface area (Å²) in [7, 11) is 0. The number of allylic oxidation sites excluding steroid dienone is 7. The molecule has 0 radical (unpaired) electrons. The maximum absolute atomic E-state index is 6.05. The Bertz CT molecular complexity index is 365. The van der Waals surface area contributed by atoms with Crippen LogP contribution in [0.5, 0.6) is 0 Å². The first-order chi connectivity index (χ1) is 7.59. The third-order valence-electron chi connectivity index (χ3n) is 2.55. The van der Waals surface area contributed by atoms with Crippen molar-refractivity contribution in [3.05, 3.63) is 60.3 Å². The molecule has 1 nitrogen and oxygen atoms in total. The van der Waals surface area contributed by atoms with Crippen molar-refractivity contribution in [2.24, 2.45) is 5.73 Å². The van der Waals surface area contributed by atoms with Gasteiger partial charge in [0.05, 0.1) is 5.54 Å². The minimum absolute atomic E-state index is 0.366. The van der Waals surface area contributed by atoms with Crippen molar-refractivity contribution in [1.82, 2.24) is 0 Å². The van der Waals surface area contributed by atoms with Gasteiger partial charge in [-0.25, -0.2) is 0 Å². The van der Waals surface area contributed by atoms with Crippen molar-refractivity contribution in [1.29, 1.82) is 0 Å². The molecule has 0 bridgehead atoms. The highest BCUT2D eigenvalue weighted by Crippen LogP contribution is 2.19. The van der Waals surface area contributed by atoms with Crippen LogP contribution in [0.1, 0.15) is 26.7 Å². The predicted molar refractivity (Wildman–Crippen MR) is 72.1 cm³/mol. The van der Waals surface area contributed by atoms with Crippen LogP contribution in [0.2, 0.25) is 0 Å². The molecule has 1 aliphatic rings. The molecule has 0 aromatic rings. The largest absolute Gasteiger partial charge is 0.319 e. The lowest BCUT2D eigenvalue weighted by Crippen LogP contribution is -2.30. The highest BCUT2D eigenvalue weighted by molar-refractivity contribution is 5.49. The maximum atomic E-state index is 6.05. The van der Waals surface area contributed by atoms with Gasteiger partial charge in [-0.1, -0.05) is 62.5 Å². The van der Waals surface area contributed by atoms with Gasteiger partial charge in [-0.3, -0.25) is 0 Å². The van der Waals surface area contributed by atoms with Crippen LogP contribution in [0.15, 0.2) is 60.3 Å². The van der Waals surface area contributed by atoms with E-state index < -0.39 is 0 Å².